The van der Waals surface area contributed by atoms with Gasteiger partial charge in [0.15, 0.2) is 0 Å². The number of carbonyl (C=O) groups excluding carboxylic acids is 1. The van der Waals surface area contributed by atoms with Crippen LogP contribution in [-0.2, 0) is 6.42 Å². The Balaban J connectivity index is 2.02. The topological polar surface area (TPSA) is 58.1 Å². The molecule has 1 N–H and O–H groups in total. The molecule has 5 heteroatoms. The molecule has 0 aromatic carbocycles. The molecular weight excluding hydrogens is 300 g/mol. The molecule has 134 valence electrons. The first kappa shape index (κ1) is 18.8. The molecule has 5 nitrogen and oxygen atoms in total. The van der Waals surface area contributed by atoms with E-state index >= 15 is 0 Å². The maximum Gasteiger partial charge on any atom is 0.254 e. The summed E-state index contributed by atoms with van der Waals surface area (Å²) in [5.41, 5.74) is 1.36. The Morgan fingerprint density at radius 1 is 1.33 bits per heavy atom. The summed E-state index contributed by atoms with van der Waals surface area (Å²) in [6.45, 7) is 15.7. The van der Waals surface area contributed by atoms with Crippen LogP contribution in [0.25, 0.3) is 0 Å². The predicted molar refractivity (Wildman–Crippen MR) is 97.1 cm³/mol. The van der Waals surface area contributed by atoms with Gasteiger partial charge in [-0.1, -0.05) is 20.8 Å². The summed E-state index contributed by atoms with van der Waals surface area (Å²) in [5, 5.41) is 3.10. The fraction of sp³-hybridized carbons (Fsp3) is 0.737. The van der Waals surface area contributed by atoms with Crippen LogP contribution in [0.2, 0.25) is 0 Å². The highest BCUT2D eigenvalue weighted by Crippen LogP contribution is 2.26. The van der Waals surface area contributed by atoms with E-state index in [-0.39, 0.29) is 11.4 Å². The van der Waals surface area contributed by atoms with Gasteiger partial charge in [-0.2, -0.15) is 0 Å². The molecule has 2 atom stereocenters. The van der Waals surface area contributed by atoms with Crippen LogP contribution < -0.4 is 5.32 Å². The van der Waals surface area contributed by atoms with Crippen molar-refractivity contribution in [3.8, 4) is 0 Å². The smallest absolute Gasteiger partial charge is 0.254 e. The zero-order valence-corrected chi connectivity index (χ0v) is 16.0. The number of nitrogens with zero attached hydrogens (tertiary/aromatic N) is 3. The summed E-state index contributed by atoms with van der Waals surface area (Å²) in [6.07, 6.45) is 3.67. The standard InChI is InChI=1S/C19H32N4O/c1-7-17-16(9-20-15(4)22-17)18(24)21-12-19(5,6)23-10-13(2)8-14(3)11-23/h9,13-14H,7-8,10-12H2,1-6H3,(H,21,24)/t13-,14-/m0/s1. The van der Waals surface area contributed by atoms with E-state index in [1.54, 1.807) is 6.20 Å². The summed E-state index contributed by atoms with van der Waals surface area (Å²) >= 11 is 0. The molecule has 0 saturated carbocycles. The Morgan fingerprint density at radius 3 is 2.54 bits per heavy atom. The second kappa shape index (κ2) is 7.60. The van der Waals surface area contributed by atoms with Gasteiger partial charge in [0.1, 0.15) is 5.82 Å². The van der Waals surface area contributed by atoms with Gasteiger partial charge in [-0.15, -0.1) is 0 Å². The van der Waals surface area contributed by atoms with Crippen LogP contribution >= 0.6 is 0 Å². The summed E-state index contributed by atoms with van der Waals surface area (Å²) in [7, 11) is 0. The Kier molecular flexibility index (Phi) is 5.97. The average molecular weight is 332 g/mol. The lowest BCUT2D eigenvalue weighted by molar-refractivity contribution is 0.0445. The first-order chi connectivity index (χ1) is 11.2. The zero-order valence-electron chi connectivity index (χ0n) is 16.0. The van der Waals surface area contributed by atoms with Gasteiger partial charge in [0.05, 0.1) is 11.3 Å². The van der Waals surface area contributed by atoms with Crippen molar-refractivity contribution in [2.45, 2.75) is 59.9 Å². The molecular formula is C19H32N4O. The van der Waals surface area contributed by atoms with E-state index in [2.05, 4.69) is 47.9 Å². The Morgan fingerprint density at radius 2 is 1.96 bits per heavy atom. The van der Waals surface area contributed by atoms with Crippen molar-refractivity contribution in [2.24, 2.45) is 11.8 Å². The van der Waals surface area contributed by atoms with Crippen LogP contribution in [0.5, 0.6) is 0 Å². The van der Waals surface area contributed by atoms with Gasteiger partial charge in [0, 0.05) is 31.4 Å². The Hall–Kier alpha value is -1.49. The first-order valence-corrected chi connectivity index (χ1v) is 9.08. The minimum atomic E-state index is -0.0713. The average Bonchev–Trinajstić information content (AvgIpc) is 2.51. The van der Waals surface area contributed by atoms with Gasteiger partial charge in [0.25, 0.3) is 5.91 Å². The SMILES string of the molecule is CCc1nc(C)ncc1C(=O)NCC(C)(C)N1C[C@@H](C)C[C@H](C)C1. The third-order valence-electron chi connectivity index (χ3n) is 4.97. The maximum atomic E-state index is 12.6. The van der Waals surface area contributed by atoms with E-state index < -0.39 is 0 Å². The third-order valence-corrected chi connectivity index (χ3v) is 4.97. The van der Waals surface area contributed by atoms with Crippen molar-refractivity contribution >= 4 is 5.91 Å². The molecule has 1 fully saturated rings. The zero-order chi connectivity index (χ0) is 17.9. The monoisotopic (exact) mass is 332 g/mol. The number of amides is 1. The second-order valence-electron chi connectivity index (χ2n) is 7.98. The van der Waals surface area contributed by atoms with Crippen molar-refractivity contribution in [2.75, 3.05) is 19.6 Å². The van der Waals surface area contributed by atoms with E-state index in [1.165, 1.54) is 6.42 Å². The van der Waals surface area contributed by atoms with E-state index in [1.807, 2.05) is 13.8 Å². The normalized spacial score (nSPS) is 22.4. The van der Waals surface area contributed by atoms with Crippen molar-refractivity contribution in [3.05, 3.63) is 23.3 Å². The maximum absolute atomic E-state index is 12.6. The highest BCUT2D eigenvalue weighted by atomic mass is 16.1. The van der Waals surface area contributed by atoms with Crippen LogP contribution in [0.1, 0.15) is 62.9 Å². The first-order valence-electron chi connectivity index (χ1n) is 9.08. The van der Waals surface area contributed by atoms with Gasteiger partial charge in [-0.05, 0) is 45.4 Å². The van der Waals surface area contributed by atoms with Crippen LogP contribution in [0.3, 0.4) is 0 Å². The van der Waals surface area contributed by atoms with Gasteiger partial charge >= 0.3 is 0 Å². The van der Waals surface area contributed by atoms with Crippen molar-refractivity contribution in [3.63, 3.8) is 0 Å². The minimum Gasteiger partial charge on any atom is -0.350 e. The lowest BCUT2D eigenvalue weighted by atomic mass is 9.88. The van der Waals surface area contributed by atoms with Gasteiger partial charge in [-0.3, -0.25) is 9.69 Å². The van der Waals surface area contributed by atoms with Crippen LogP contribution in [0, 0.1) is 18.8 Å². The lowest BCUT2D eigenvalue weighted by Crippen LogP contribution is -2.56. The molecule has 0 bridgehead atoms. The molecule has 0 aliphatic carbocycles. The van der Waals surface area contributed by atoms with Crippen molar-refractivity contribution < 1.29 is 4.79 Å². The summed E-state index contributed by atoms with van der Waals surface area (Å²) in [5.74, 6) is 2.06. The molecule has 2 heterocycles. The number of carbonyl (C=O) groups is 1. The van der Waals surface area contributed by atoms with Gasteiger partial charge in [-0.25, -0.2) is 9.97 Å². The molecule has 2 rings (SSSR count). The predicted octanol–water partition coefficient (Wildman–Crippen LogP) is 2.83. The number of piperidine rings is 1. The highest BCUT2D eigenvalue weighted by Gasteiger charge is 2.33. The molecule has 1 aromatic heterocycles. The number of aryl methyl sites for hydroxylation is 2. The number of aromatic nitrogens is 2. The largest absolute Gasteiger partial charge is 0.350 e. The van der Waals surface area contributed by atoms with Crippen molar-refractivity contribution in [1.29, 1.82) is 0 Å². The fourth-order valence-electron chi connectivity index (χ4n) is 3.64. The molecule has 0 spiro atoms. The van der Waals surface area contributed by atoms with Crippen LogP contribution in [0.15, 0.2) is 6.20 Å². The van der Waals surface area contributed by atoms with E-state index in [0.717, 1.165) is 25.2 Å². The van der Waals surface area contributed by atoms with Crippen LogP contribution in [0.4, 0.5) is 0 Å². The van der Waals surface area contributed by atoms with E-state index in [0.29, 0.717) is 29.8 Å². The minimum absolute atomic E-state index is 0.0590. The Bertz CT molecular complexity index is 575. The number of hydrogen-bond donors (Lipinski definition) is 1. The summed E-state index contributed by atoms with van der Waals surface area (Å²) in [4.78, 5) is 23.7. The quantitative estimate of drug-likeness (QED) is 0.901. The number of rotatable bonds is 5. The molecule has 1 amide bonds. The molecule has 1 saturated heterocycles. The molecule has 1 aromatic rings. The summed E-state index contributed by atoms with van der Waals surface area (Å²) in [6, 6.07) is 0. The van der Waals surface area contributed by atoms with E-state index in [4.69, 9.17) is 0 Å². The number of hydrogen-bond acceptors (Lipinski definition) is 4. The Labute approximate surface area is 146 Å². The molecule has 1 aliphatic heterocycles. The lowest BCUT2D eigenvalue weighted by Gasteiger charge is -2.45. The summed E-state index contributed by atoms with van der Waals surface area (Å²) < 4.78 is 0. The number of likely N-dealkylation sites (tertiary alicyclic amines) is 1. The second-order valence-corrected chi connectivity index (χ2v) is 7.98. The number of nitrogens with one attached hydrogen (secondary N) is 1. The molecule has 0 unspecified atom stereocenters. The third kappa shape index (κ3) is 4.53. The van der Waals surface area contributed by atoms with Crippen LogP contribution in [-0.4, -0.2) is 45.9 Å². The highest BCUT2D eigenvalue weighted by molar-refractivity contribution is 5.95. The fourth-order valence-corrected chi connectivity index (χ4v) is 3.64. The van der Waals surface area contributed by atoms with Crippen molar-refractivity contribution in [1.82, 2.24) is 20.2 Å². The molecule has 1 aliphatic rings. The molecule has 0 radical (unpaired) electrons. The van der Waals surface area contributed by atoms with Gasteiger partial charge < -0.3 is 5.32 Å². The molecule has 24 heavy (non-hydrogen) atoms. The van der Waals surface area contributed by atoms with E-state index in [9.17, 15) is 4.79 Å². The van der Waals surface area contributed by atoms with Gasteiger partial charge in [0.2, 0.25) is 0 Å².